The number of ether oxygens (including phenoxy) is 1. The second kappa shape index (κ2) is 10.4. The molecule has 2 aromatic carbocycles. The Morgan fingerprint density at radius 2 is 1.57 bits per heavy atom. The number of hydrogen-bond acceptors (Lipinski definition) is 4. The molecule has 0 aliphatic rings. The van der Waals surface area contributed by atoms with Crippen molar-refractivity contribution in [3.63, 3.8) is 0 Å². The topological polar surface area (TPSA) is 38.8 Å². The van der Waals surface area contributed by atoms with Crippen LogP contribution in [0.5, 0.6) is 0 Å². The molecule has 0 aliphatic carbocycles. The molecule has 2 atom stereocenters. The summed E-state index contributed by atoms with van der Waals surface area (Å²) in [7, 11) is -1.90. The lowest BCUT2D eigenvalue weighted by Crippen LogP contribution is -2.49. The van der Waals surface area contributed by atoms with E-state index in [2.05, 4.69) is 50.5 Å². The van der Waals surface area contributed by atoms with Crippen LogP contribution in [0, 0.1) is 0 Å². The maximum atomic E-state index is 11.7. The van der Waals surface area contributed by atoms with Gasteiger partial charge in [-0.05, 0) is 43.3 Å². The minimum atomic E-state index is -1.90. The highest BCUT2D eigenvalue weighted by atomic mass is 28.4. The lowest BCUT2D eigenvalue weighted by Gasteiger charge is -2.38. The third kappa shape index (κ3) is 7.42. The van der Waals surface area contributed by atoms with Crippen LogP contribution in [0.25, 0.3) is 0 Å². The number of benzene rings is 2. The van der Waals surface area contributed by atoms with Crippen molar-refractivity contribution in [1.82, 2.24) is 5.06 Å². The summed E-state index contributed by atoms with van der Waals surface area (Å²) in [6.45, 7) is 12.4. The molecule has 0 saturated carbocycles. The fourth-order valence-electron chi connectivity index (χ4n) is 3.05. The number of nitrogens with zero attached hydrogens (tertiary/aromatic N) is 1. The normalized spacial score (nSPS) is 13.8. The summed E-state index contributed by atoms with van der Waals surface area (Å²) >= 11 is 0. The molecule has 0 N–H and O–H groups in total. The van der Waals surface area contributed by atoms with Crippen molar-refractivity contribution >= 4 is 14.3 Å². The number of esters is 1. The van der Waals surface area contributed by atoms with Crippen molar-refractivity contribution in [2.75, 3.05) is 0 Å². The molecule has 0 aromatic heterocycles. The molecule has 0 bridgehead atoms. The maximum absolute atomic E-state index is 11.7. The van der Waals surface area contributed by atoms with E-state index in [1.165, 1.54) is 6.92 Å². The van der Waals surface area contributed by atoms with Crippen LogP contribution < -0.4 is 0 Å². The zero-order valence-electron chi connectivity index (χ0n) is 17.3. The van der Waals surface area contributed by atoms with Gasteiger partial charge in [0.05, 0.1) is 6.04 Å². The summed E-state index contributed by atoms with van der Waals surface area (Å²) < 4.78 is 12.1. The van der Waals surface area contributed by atoms with Gasteiger partial charge in [0.1, 0.15) is 6.10 Å². The minimum Gasteiger partial charge on any atom is -0.457 e. The number of hydrogen-bond donors (Lipinski definition) is 0. The lowest BCUT2D eigenvalue weighted by atomic mass is 10.00. The van der Waals surface area contributed by atoms with Crippen molar-refractivity contribution < 1.29 is 14.1 Å². The van der Waals surface area contributed by atoms with Crippen LogP contribution in [-0.4, -0.2) is 31.5 Å². The SMILES string of the molecule is C=C[C@H](OC(C)=O)[C@H](Cc1ccccc1)N(Cc1ccccc1)O[Si](C)(C)C. The van der Waals surface area contributed by atoms with Gasteiger partial charge in [0, 0.05) is 13.5 Å². The number of carbonyl (C=O) groups excluding carboxylic acids is 1. The zero-order valence-corrected chi connectivity index (χ0v) is 18.3. The van der Waals surface area contributed by atoms with Crippen LogP contribution in [-0.2, 0) is 27.0 Å². The van der Waals surface area contributed by atoms with Crippen LogP contribution in [0.3, 0.4) is 0 Å². The molecule has 0 radical (unpaired) electrons. The van der Waals surface area contributed by atoms with E-state index >= 15 is 0 Å². The first-order valence-corrected chi connectivity index (χ1v) is 13.0. The molecule has 28 heavy (non-hydrogen) atoms. The highest BCUT2D eigenvalue weighted by Gasteiger charge is 2.32. The van der Waals surface area contributed by atoms with Crippen LogP contribution >= 0.6 is 0 Å². The van der Waals surface area contributed by atoms with Gasteiger partial charge < -0.3 is 9.26 Å². The summed E-state index contributed by atoms with van der Waals surface area (Å²) in [5.41, 5.74) is 2.30. The van der Waals surface area contributed by atoms with Crippen LogP contribution in [0.4, 0.5) is 0 Å². The van der Waals surface area contributed by atoms with E-state index in [4.69, 9.17) is 9.26 Å². The van der Waals surface area contributed by atoms with E-state index in [1.54, 1.807) is 6.08 Å². The van der Waals surface area contributed by atoms with E-state index < -0.39 is 14.4 Å². The molecule has 0 saturated heterocycles. The largest absolute Gasteiger partial charge is 0.457 e. The van der Waals surface area contributed by atoms with Crippen LogP contribution in [0.15, 0.2) is 73.3 Å². The summed E-state index contributed by atoms with van der Waals surface area (Å²) in [6, 6.07) is 20.2. The molecule has 0 spiro atoms. The molecule has 0 heterocycles. The predicted molar refractivity (Wildman–Crippen MR) is 116 cm³/mol. The Kier molecular flexibility index (Phi) is 8.17. The average molecular weight is 398 g/mol. The van der Waals surface area contributed by atoms with Crippen LogP contribution in [0.2, 0.25) is 19.6 Å². The second-order valence-electron chi connectivity index (χ2n) is 7.83. The van der Waals surface area contributed by atoms with E-state index in [9.17, 15) is 4.79 Å². The van der Waals surface area contributed by atoms with E-state index in [0.29, 0.717) is 13.0 Å². The highest BCUT2D eigenvalue weighted by Crippen LogP contribution is 2.22. The quantitative estimate of drug-likeness (QED) is 0.245. The highest BCUT2D eigenvalue weighted by molar-refractivity contribution is 6.69. The third-order valence-corrected chi connectivity index (χ3v) is 4.93. The van der Waals surface area contributed by atoms with E-state index in [1.807, 2.05) is 41.5 Å². The fourth-order valence-corrected chi connectivity index (χ4v) is 3.95. The average Bonchev–Trinajstić information content (AvgIpc) is 2.64. The Balaban J connectivity index is 2.39. The monoisotopic (exact) mass is 397 g/mol. The Hall–Kier alpha value is -2.21. The molecule has 0 fully saturated rings. The Labute approximate surface area is 169 Å². The number of rotatable bonds is 10. The van der Waals surface area contributed by atoms with E-state index in [0.717, 1.165) is 11.1 Å². The Morgan fingerprint density at radius 3 is 2.04 bits per heavy atom. The van der Waals surface area contributed by atoms with Gasteiger partial charge in [-0.25, -0.2) is 0 Å². The molecular weight excluding hydrogens is 366 g/mol. The van der Waals surface area contributed by atoms with Crippen molar-refractivity contribution in [3.8, 4) is 0 Å². The van der Waals surface area contributed by atoms with Gasteiger partial charge in [0.25, 0.3) is 0 Å². The summed E-state index contributed by atoms with van der Waals surface area (Å²) in [5.74, 6) is -0.323. The molecule has 0 amide bonds. The first-order valence-electron chi connectivity index (χ1n) is 9.62. The summed E-state index contributed by atoms with van der Waals surface area (Å²) in [6.07, 6.45) is 1.90. The van der Waals surface area contributed by atoms with Crippen molar-refractivity contribution in [2.45, 2.75) is 51.7 Å². The molecule has 150 valence electrons. The van der Waals surface area contributed by atoms with Gasteiger partial charge in [-0.2, -0.15) is 5.06 Å². The molecular formula is C23H31NO3Si. The zero-order chi connectivity index (χ0) is 20.6. The Morgan fingerprint density at radius 1 is 1.04 bits per heavy atom. The van der Waals surface area contributed by atoms with Gasteiger partial charge in [0.15, 0.2) is 0 Å². The van der Waals surface area contributed by atoms with Gasteiger partial charge in [-0.1, -0.05) is 67.2 Å². The third-order valence-electron chi connectivity index (χ3n) is 4.14. The summed E-state index contributed by atoms with van der Waals surface area (Å²) in [5, 5.41) is 1.99. The standard InChI is InChI=1S/C23H31NO3Si/c1-6-23(26-19(2)25)22(17-20-13-9-7-10-14-20)24(27-28(3,4)5)18-21-15-11-8-12-16-21/h6-16,22-23H,1,17-18H2,2-5H3/t22-,23-/m0/s1. The number of carbonyl (C=O) groups is 1. The molecule has 4 nitrogen and oxygen atoms in total. The predicted octanol–water partition coefficient (Wildman–Crippen LogP) is 4.98. The lowest BCUT2D eigenvalue weighted by molar-refractivity contribution is -0.164. The first kappa shape index (κ1) is 22.1. The smallest absolute Gasteiger partial charge is 0.303 e. The van der Waals surface area contributed by atoms with Crippen LogP contribution in [0.1, 0.15) is 18.1 Å². The van der Waals surface area contributed by atoms with Gasteiger partial charge >= 0.3 is 5.97 Å². The Bertz CT molecular complexity index is 743. The maximum Gasteiger partial charge on any atom is 0.303 e. The molecule has 2 aromatic rings. The summed E-state index contributed by atoms with van der Waals surface area (Å²) in [4.78, 5) is 11.7. The van der Waals surface area contributed by atoms with Crippen molar-refractivity contribution in [2.24, 2.45) is 0 Å². The minimum absolute atomic E-state index is 0.185. The fraction of sp³-hybridized carbons (Fsp3) is 0.348. The molecule has 0 unspecified atom stereocenters. The van der Waals surface area contributed by atoms with Crippen molar-refractivity contribution in [1.29, 1.82) is 0 Å². The number of hydroxylamine groups is 2. The van der Waals surface area contributed by atoms with Gasteiger partial charge in [-0.3, -0.25) is 4.79 Å². The van der Waals surface area contributed by atoms with E-state index in [-0.39, 0.29) is 12.0 Å². The van der Waals surface area contributed by atoms with Gasteiger partial charge in [0.2, 0.25) is 8.32 Å². The second-order valence-corrected chi connectivity index (χ2v) is 12.2. The molecule has 5 heteroatoms. The first-order chi connectivity index (χ1) is 13.3. The van der Waals surface area contributed by atoms with Crippen molar-refractivity contribution in [3.05, 3.63) is 84.4 Å². The molecule has 2 rings (SSSR count). The molecule has 0 aliphatic heterocycles. The van der Waals surface area contributed by atoms with Gasteiger partial charge in [-0.15, -0.1) is 0 Å².